The molecule has 0 fully saturated rings. The van der Waals surface area contributed by atoms with Crippen LogP contribution in [-0.2, 0) is 19.0 Å². The van der Waals surface area contributed by atoms with Gasteiger partial charge in [-0.2, -0.15) is 0 Å². The molecule has 90 valence electrons. The zero-order valence-corrected chi connectivity index (χ0v) is 9.11. The average molecular weight is 220 g/mol. The standard InChI is InChI=1S/C9H20N2O4/c1-13-5-6-14-3-2-4-15-7-8(10)9(11)12/h8H,2-7,10H2,1H3,(H2,11,12). The lowest BCUT2D eigenvalue weighted by Gasteiger charge is -2.08. The maximum Gasteiger partial charge on any atom is 0.236 e. The second-order valence-electron chi connectivity index (χ2n) is 3.04. The Balaban J connectivity index is 3.08. The zero-order chi connectivity index (χ0) is 11.5. The maximum absolute atomic E-state index is 10.5. The third kappa shape index (κ3) is 9.61. The van der Waals surface area contributed by atoms with Gasteiger partial charge in [0.1, 0.15) is 6.04 Å². The van der Waals surface area contributed by atoms with Gasteiger partial charge in [0.2, 0.25) is 5.91 Å². The van der Waals surface area contributed by atoms with Gasteiger partial charge in [0.15, 0.2) is 0 Å². The highest BCUT2D eigenvalue weighted by Gasteiger charge is 2.07. The van der Waals surface area contributed by atoms with Crippen LogP contribution in [0.3, 0.4) is 0 Å². The summed E-state index contributed by atoms with van der Waals surface area (Å²) in [6.07, 6.45) is 0.759. The van der Waals surface area contributed by atoms with Crippen LogP contribution in [0.4, 0.5) is 0 Å². The van der Waals surface area contributed by atoms with Gasteiger partial charge in [-0.05, 0) is 6.42 Å². The van der Waals surface area contributed by atoms with E-state index in [-0.39, 0.29) is 6.61 Å². The summed E-state index contributed by atoms with van der Waals surface area (Å²) < 4.78 is 15.1. The number of methoxy groups -OCH3 is 1. The summed E-state index contributed by atoms with van der Waals surface area (Å²) in [4.78, 5) is 10.5. The number of hydrogen-bond acceptors (Lipinski definition) is 5. The number of hydrogen-bond donors (Lipinski definition) is 2. The summed E-state index contributed by atoms with van der Waals surface area (Å²) >= 11 is 0. The van der Waals surface area contributed by atoms with Gasteiger partial charge in [-0.25, -0.2) is 0 Å². The van der Waals surface area contributed by atoms with E-state index in [0.29, 0.717) is 26.4 Å². The average Bonchev–Trinajstić information content (AvgIpc) is 2.21. The van der Waals surface area contributed by atoms with Crippen LogP contribution in [0, 0.1) is 0 Å². The maximum atomic E-state index is 10.5. The summed E-state index contributed by atoms with van der Waals surface area (Å²) in [6, 6.07) is -0.723. The molecule has 0 radical (unpaired) electrons. The van der Waals surface area contributed by atoms with Crippen molar-refractivity contribution in [1.82, 2.24) is 0 Å². The second kappa shape index (κ2) is 9.85. The highest BCUT2D eigenvalue weighted by atomic mass is 16.5. The molecule has 0 aromatic carbocycles. The normalized spacial score (nSPS) is 12.7. The first-order valence-corrected chi connectivity index (χ1v) is 4.87. The minimum atomic E-state index is -0.723. The molecule has 0 heterocycles. The van der Waals surface area contributed by atoms with Gasteiger partial charge < -0.3 is 25.7 Å². The molecule has 0 aliphatic carbocycles. The Bertz CT molecular complexity index is 166. The van der Waals surface area contributed by atoms with Crippen molar-refractivity contribution < 1.29 is 19.0 Å². The lowest BCUT2D eigenvalue weighted by Crippen LogP contribution is -2.40. The Morgan fingerprint density at radius 3 is 2.47 bits per heavy atom. The van der Waals surface area contributed by atoms with E-state index in [2.05, 4.69) is 0 Å². The van der Waals surface area contributed by atoms with Crippen molar-refractivity contribution in [2.45, 2.75) is 12.5 Å². The minimum Gasteiger partial charge on any atom is -0.382 e. The lowest BCUT2D eigenvalue weighted by molar-refractivity contribution is -0.120. The molecule has 0 aromatic rings. The van der Waals surface area contributed by atoms with Gasteiger partial charge in [0.25, 0.3) is 0 Å². The van der Waals surface area contributed by atoms with E-state index >= 15 is 0 Å². The molecule has 0 spiro atoms. The van der Waals surface area contributed by atoms with E-state index in [0.717, 1.165) is 6.42 Å². The predicted molar refractivity (Wildman–Crippen MR) is 55.3 cm³/mol. The first-order chi connectivity index (χ1) is 7.18. The van der Waals surface area contributed by atoms with Crippen LogP contribution in [0.1, 0.15) is 6.42 Å². The van der Waals surface area contributed by atoms with E-state index in [9.17, 15) is 4.79 Å². The first-order valence-electron chi connectivity index (χ1n) is 4.87. The summed E-state index contributed by atoms with van der Waals surface area (Å²) in [7, 11) is 1.62. The number of carbonyl (C=O) groups is 1. The largest absolute Gasteiger partial charge is 0.382 e. The van der Waals surface area contributed by atoms with E-state index in [1.165, 1.54) is 0 Å². The van der Waals surface area contributed by atoms with Crippen LogP contribution in [0.2, 0.25) is 0 Å². The summed E-state index contributed by atoms with van der Waals surface area (Å²) in [5.74, 6) is -0.550. The third-order valence-corrected chi connectivity index (χ3v) is 1.67. The Kier molecular flexibility index (Phi) is 9.40. The van der Waals surface area contributed by atoms with Gasteiger partial charge >= 0.3 is 0 Å². The SMILES string of the molecule is COCCOCCCOCC(N)C(N)=O. The molecular formula is C9H20N2O4. The van der Waals surface area contributed by atoms with Crippen molar-refractivity contribution in [2.75, 3.05) is 40.1 Å². The lowest BCUT2D eigenvalue weighted by atomic mass is 10.3. The molecule has 1 amide bonds. The van der Waals surface area contributed by atoms with Crippen molar-refractivity contribution >= 4 is 5.91 Å². The molecule has 0 saturated heterocycles. The van der Waals surface area contributed by atoms with Gasteiger partial charge in [-0.15, -0.1) is 0 Å². The summed E-state index contributed by atoms with van der Waals surface area (Å²) in [6.45, 7) is 2.45. The third-order valence-electron chi connectivity index (χ3n) is 1.67. The second-order valence-corrected chi connectivity index (χ2v) is 3.04. The highest BCUT2D eigenvalue weighted by molar-refractivity contribution is 5.79. The van der Waals surface area contributed by atoms with Crippen LogP contribution in [0.5, 0.6) is 0 Å². The van der Waals surface area contributed by atoms with Crippen molar-refractivity contribution in [3.63, 3.8) is 0 Å². The molecule has 0 aromatic heterocycles. The summed E-state index contributed by atoms with van der Waals surface area (Å²) in [5.41, 5.74) is 10.3. The molecule has 1 atom stereocenters. The monoisotopic (exact) mass is 220 g/mol. The molecule has 0 bridgehead atoms. The smallest absolute Gasteiger partial charge is 0.236 e. The van der Waals surface area contributed by atoms with Crippen molar-refractivity contribution in [3.05, 3.63) is 0 Å². The quantitative estimate of drug-likeness (QED) is 0.454. The molecule has 0 aliphatic rings. The van der Waals surface area contributed by atoms with Crippen molar-refractivity contribution in [2.24, 2.45) is 11.5 Å². The highest BCUT2D eigenvalue weighted by Crippen LogP contribution is 1.87. The van der Waals surface area contributed by atoms with Crippen molar-refractivity contribution in [3.8, 4) is 0 Å². The van der Waals surface area contributed by atoms with Crippen LogP contribution in [0.25, 0.3) is 0 Å². The molecule has 0 aliphatic heterocycles. The number of rotatable bonds is 10. The van der Waals surface area contributed by atoms with E-state index < -0.39 is 11.9 Å². The predicted octanol–water partition coefficient (Wildman–Crippen LogP) is -1.13. The van der Waals surface area contributed by atoms with Crippen molar-refractivity contribution in [1.29, 1.82) is 0 Å². The Morgan fingerprint density at radius 1 is 1.20 bits per heavy atom. The fourth-order valence-electron chi connectivity index (χ4n) is 0.800. The topological polar surface area (TPSA) is 96.8 Å². The molecular weight excluding hydrogens is 200 g/mol. The number of amides is 1. The van der Waals surface area contributed by atoms with Gasteiger partial charge in [0.05, 0.1) is 19.8 Å². The number of carbonyl (C=O) groups excluding carboxylic acids is 1. The van der Waals surface area contributed by atoms with Crippen LogP contribution < -0.4 is 11.5 Å². The summed E-state index contributed by atoms with van der Waals surface area (Å²) in [5, 5.41) is 0. The van der Waals surface area contributed by atoms with Gasteiger partial charge in [0, 0.05) is 20.3 Å². The Labute approximate surface area is 89.8 Å². The molecule has 0 saturated carbocycles. The molecule has 0 rings (SSSR count). The molecule has 6 heteroatoms. The van der Waals surface area contributed by atoms with Crippen LogP contribution in [0.15, 0.2) is 0 Å². The fraction of sp³-hybridized carbons (Fsp3) is 0.889. The number of ether oxygens (including phenoxy) is 3. The molecule has 6 nitrogen and oxygen atoms in total. The number of nitrogens with two attached hydrogens (primary N) is 2. The van der Waals surface area contributed by atoms with E-state index in [4.69, 9.17) is 25.7 Å². The fourth-order valence-corrected chi connectivity index (χ4v) is 0.800. The minimum absolute atomic E-state index is 0.160. The van der Waals surface area contributed by atoms with Gasteiger partial charge in [-0.3, -0.25) is 4.79 Å². The molecule has 4 N–H and O–H groups in total. The van der Waals surface area contributed by atoms with E-state index in [1.807, 2.05) is 0 Å². The Hall–Kier alpha value is -0.690. The van der Waals surface area contributed by atoms with Crippen LogP contribution >= 0.6 is 0 Å². The number of primary amides is 1. The molecule has 15 heavy (non-hydrogen) atoms. The zero-order valence-electron chi connectivity index (χ0n) is 9.11. The van der Waals surface area contributed by atoms with Gasteiger partial charge in [-0.1, -0.05) is 0 Å². The van der Waals surface area contributed by atoms with E-state index in [1.54, 1.807) is 7.11 Å². The first kappa shape index (κ1) is 14.3. The Morgan fingerprint density at radius 2 is 1.87 bits per heavy atom. The molecule has 1 unspecified atom stereocenters. The van der Waals surface area contributed by atoms with Crippen LogP contribution in [-0.4, -0.2) is 52.1 Å².